The van der Waals surface area contributed by atoms with E-state index in [1.54, 1.807) is 30.3 Å². The average Bonchev–Trinajstić information content (AvgIpc) is 2.98. The van der Waals surface area contributed by atoms with Gasteiger partial charge in [0, 0.05) is 5.56 Å². The van der Waals surface area contributed by atoms with Crippen LogP contribution in [0, 0.1) is 0 Å². The molecular formula is C25H26O8. The minimum atomic E-state index is -1.52. The van der Waals surface area contributed by atoms with Gasteiger partial charge in [-0.1, -0.05) is 36.4 Å². The number of carbonyl (C=O) groups is 1. The number of hydrogen-bond acceptors (Lipinski definition) is 7. The molecule has 8 nitrogen and oxygen atoms in total. The SMILES string of the molecule is COc1ccc(Cc2cc3cccccc-3c2C(=O)O)cc1[C@@H]1O[C@H](CO)[C@@H](O)[C@H](O)[C@H]1O. The second kappa shape index (κ2) is 9.46. The number of ether oxygens (including phenoxy) is 2. The van der Waals surface area contributed by atoms with Crippen LogP contribution >= 0.6 is 0 Å². The molecule has 0 amide bonds. The Morgan fingerprint density at radius 1 is 1.00 bits per heavy atom. The number of aliphatic hydroxyl groups excluding tert-OH is 4. The minimum absolute atomic E-state index is 0.228. The monoisotopic (exact) mass is 454 g/mol. The number of rotatable bonds is 6. The number of fused-ring (bicyclic) bond motifs is 1. The Hall–Kier alpha value is -3.01. The Morgan fingerprint density at radius 3 is 2.45 bits per heavy atom. The smallest absolute Gasteiger partial charge is 0.336 e. The molecular weight excluding hydrogens is 428 g/mol. The van der Waals surface area contributed by atoms with E-state index in [1.807, 2.05) is 24.3 Å². The molecule has 8 heteroatoms. The Balaban J connectivity index is 1.74. The Morgan fingerprint density at radius 2 is 1.76 bits per heavy atom. The Labute approximate surface area is 190 Å². The number of methoxy groups -OCH3 is 1. The van der Waals surface area contributed by atoms with Crippen LogP contribution in [0.1, 0.15) is 33.2 Å². The van der Waals surface area contributed by atoms with Crippen LogP contribution in [0.4, 0.5) is 0 Å². The predicted octanol–water partition coefficient (Wildman–Crippen LogP) is 1.60. The topological polar surface area (TPSA) is 137 Å². The maximum Gasteiger partial charge on any atom is 0.336 e. The maximum absolute atomic E-state index is 12.0. The lowest BCUT2D eigenvalue weighted by Crippen LogP contribution is -2.55. The molecule has 0 unspecified atom stereocenters. The normalized spacial score (nSPS) is 25.2. The Kier molecular flexibility index (Phi) is 6.64. The van der Waals surface area contributed by atoms with Crippen molar-refractivity contribution in [2.45, 2.75) is 36.9 Å². The lowest BCUT2D eigenvalue weighted by Gasteiger charge is -2.40. The summed E-state index contributed by atoms with van der Waals surface area (Å²) in [5.74, 6) is -0.630. The van der Waals surface area contributed by atoms with E-state index in [-0.39, 0.29) is 5.56 Å². The van der Waals surface area contributed by atoms with E-state index in [9.17, 15) is 30.3 Å². The molecule has 0 spiro atoms. The molecule has 1 aromatic carbocycles. The molecule has 0 aromatic heterocycles. The molecule has 3 aliphatic rings. The van der Waals surface area contributed by atoms with E-state index in [4.69, 9.17) is 9.47 Å². The lowest BCUT2D eigenvalue weighted by molar-refractivity contribution is -0.232. The summed E-state index contributed by atoms with van der Waals surface area (Å²) >= 11 is 0. The van der Waals surface area contributed by atoms with E-state index in [2.05, 4.69) is 0 Å². The number of carboxylic acids is 1. The van der Waals surface area contributed by atoms with Gasteiger partial charge < -0.3 is 35.0 Å². The van der Waals surface area contributed by atoms with Crippen LogP contribution in [0.3, 0.4) is 0 Å². The van der Waals surface area contributed by atoms with Gasteiger partial charge in [-0.3, -0.25) is 0 Å². The second-order valence-corrected chi connectivity index (χ2v) is 8.13. The van der Waals surface area contributed by atoms with Crippen molar-refractivity contribution in [3.05, 3.63) is 76.9 Å². The highest BCUT2D eigenvalue weighted by Crippen LogP contribution is 2.38. The third-order valence-electron chi connectivity index (χ3n) is 6.09. The van der Waals surface area contributed by atoms with Gasteiger partial charge in [0.05, 0.1) is 19.3 Å². The van der Waals surface area contributed by atoms with Crippen molar-refractivity contribution in [2.24, 2.45) is 0 Å². The summed E-state index contributed by atoms with van der Waals surface area (Å²) in [7, 11) is 1.45. The maximum atomic E-state index is 12.0. The van der Waals surface area contributed by atoms with Crippen LogP contribution in [0.25, 0.3) is 11.1 Å². The van der Waals surface area contributed by atoms with Gasteiger partial charge in [0.2, 0.25) is 0 Å². The van der Waals surface area contributed by atoms with Crippen molar-refractivity contribution in [3.63, 3.8) is 0 Å². The molecule has 0 saturated carbocycles. The molecule has 1 heterocycles. The van der Waals surface area contributed by atoms with E-state index in [0.717, 1.165) is 11.1 Å². The van der Waals surface area contributed by atoms with Crippen molar-refractivity contribution < 1.29 is 39.8 Å². The molecule has 33 heavy (non-hydrogen) atoms. The van der Waals surface area contributed by atoms with Gasteiger partial charge in [-0.2, -0.15) is 0 Å². The van der Waals surface area contributed by atoms with Crippen molar-refractivity contribution in [1.82, 2.24) is 0 Å². The van der Waals surface area contributed by atoms with E-state index in [0.29, 0.717) is 28.9 Å². The summed E-state index contributed by atoms with van der Waals surface area (Å²) in [6.07, 6.45) is -6.26. The van der Waals surface area contributed by atoms with E-state index < -0.39 is 43.1 Å². The highest BCUT2D eigenvalue weighted by atomic mass is 16.5. The molecule has 0 radical (unpaired) electrons. The van der Waals surface area contributed by atoms with E-state index >= 15 is 0 Å². The van der Waals surface area contributed by atoms with Crippen LogP contribution < -0.4 is 4.74 Å². The van der Waals surface area contributed by atoms with Crippen molar-refractivity contribution in [1.29, 1.82) is 0 Å². The number of aromatic carboxylic acids is 1. The fraction of sp³-hybridized carbons (Fsp3) is 0.320. The van der Waals surface area contributed by atoms with Crippen LogP contribution in [0.2, 0.25) is 0 Å². The summed E-state index contributed by atoms with van der Waals surface area (Å²) in [5.41, 5.74) is 3.48. The lowest BCUT2D eigenvalue weighted by atomic mass is 9.89. The number of hydrogen-bond donors (Lipinski definition) is 5. The van der Waals surface area contributed by atoms with Crippen molar-refractivity contribution in [3.8, 4) is 16.9 Å². The first-order valence-electron chi connectivity index (χ1n) is 10.6. The highest BCUT2D eigenvalue weighted by Gasteiger charge is 2.44. The molecule has 5 atom stereocenters. The quantitative estimate of drug-likeness (QED) is 0.379. The van der Waals surface area contributed by atoms with Gasteiger partial charge in [-0.25, -0.2) is 4.79 Å². The minimum Gasteiger partial charge on any atom is -0.496 e. The van der Waals surface area contributed by atoms with Gasteiger partial charge in [0.1, 0.15) is 36.3 Å². The van der Waals surface area contributed by atoms with E-state index in [1.165, 1.54) is 7.11 Å². The van der Waals surface area contributed by atoms with Crippen LogP contribution in [0.15, 0.2) is 54.6 Å². The molecule has 2 aliphatic carbocycles. The summed E-state index contributed by atoms with van der Waals surface area (Å²) < 4.78 is 11.1. The first-order valence-corrected chi connectivity index (χ1v) is 10.6. The summed E-state index contributed by atoms with van der Waals surface area (Å²) in [6.45, 7) is -0.539. The highest BCUT2D eigenvalue weighted by molar-refractivity contribution is 5.99. The van der Waals surface area contributed by atoms with Crippen molar-refractivity contribution >= 4 is 5.97 Å². The van der Waals surface area contributed by atoms with Gasteiger partial charge in [0.25, 0.3) is 0 Å². The van der Waals surface area contributed by atoms with Gasteiger partial charge in [0.15, 0.2) is 0 Å². The largest absolute Gasteiger partial charge is 0.496 e. The molecule has 5 N–H and O–H groups in total. The predicted molar refractivity (Wildman–Crippen MR) is 119 cm³/mol. The Bertz CT molecular complexity index is 1110. The molecule has 174 valence electrons. The summed E-state index contributed by atoms with van der Waals surface area (Å²) in [4.78, 5) is 12.0. The van der Waals surface area contributed by atoms with Crippen molar-refractivity contribution in [2.75, 3.05) is 13.7 Å². The molecule has 1 fully saturated rings. The fourth-order valence-electron chi connectivity index (χ4n) is 4.43. The third kappa shape index (κ3) is 4.31. The van der Waals surface area contributed by atoms with Crippen LogP contribution in [-0.2, 0) is 11.2 Å². The molecule has 1 saturated heterocycles. The zero-order valence-electron chi connectivity index (χ0n) is 18.0. The first kappa shape index (κ1) is 23.2. The summed E-state index contributed by atoms with van der Waals surface area (Å²) in [5, 5.41) is 50.2. The number of carboxylic acid groups (broad SMARTS) is 1. The molecule has 4 rings (SSSR count). The molecule has 0 bridgehead atoms. The molecule has 1 aliphatic heterocycles. The zero-order chi connectivity index (χ0) is 23.7. The third-order valence-corrected chi connectivity index (χ3v) is 6.09. The average molecular weight is 454 g/mol. The molecule has 1 aromatic rings. The standard InChI is InChI=1S/C25H26O8/c1-32-18-8-7-13(10-17(18)24-23(29)22(28)21(27)19(12-26)33-24)9-15-11-14-5-3-2-4-6-16(14)20(15)25(30)31/h2-8,10-11,19,21-24,26-29H,9,12H2,1H3,(H,30,31)/t19-,21-,22+,23-,24+/m1/s1. The van der Waals surface area contributed by atoms with Gasteiger partial charge in [-0.05, 0) is 46.9 Å². The van der Waals surface area contributed by atoms with Gasteiger partial charge in [-0.15, -0.1) is 0 Å². The van der Waals surface area contributed by atoms with Gasteiger partial charge >= 0.3 is 5.97 Å². The van der Waals surface area contributed by atoms with Crippen LogP contribution in [0.5, 0.6) is 5.75 Å². The van der Waals surface area contributed by atoms with Crippen LogP contribution in [-0.4, -0.2) is 69.6 Å². The first-order chi connectivity index (χ1) is 15.8. The number of benzene rings is 1. The fourth-order valence-corrected chi connectivity index (χ4v) is 4.43. The zero-order valence-corrected chi connectivity index (χ0v) is 18.0. The number of aliphatic hydroxyl groups is 4. The summed E-state index contributed by atoms with van der Waals surface area (Å²) in [6, 6.07) is 16.1. The second-order valence-electron chi connectivity index (χ2n) is 8.13.